The van der Waals surface area contributed by atoms with Gasteiger partial charge in [-0.2, -0.15) is 0 Å². The van der Waals surface area contributed by atoms with Gasteiger partial charge in [0.15, 0.2) is 0 Å². The molecule has 1 fully saturated rings. The van der Waals surface area contributed by atoms with E-state index < -0.39 is 24.0 Å². The monoisotopic (exact) mass is 375 g/mol. The zero-order valence-electron chi connectivity index (χ0n) is 14.8. The molecule has 3 rings (SSSR count). The molecule has 8 nitrogen and oxygen atoms in total. The predicted molar refractivity (Wildman–Crippen MR) is 93.4 cm³/mol. The van der Waals surface area contributed by atoms with Crippen LogP contribution in [0.5, 0.6) is 0 Å². The number of halogens is 1. The van der Waals surface area contributed by atoms with Crippen LogP contribution in [-0.4, -0.2) is 48.8 Å². The molecule has 2 aromatic rings. The quantitative estimate of drug-likeness (QED) is 0.806. The van der Waals surface area contributed by atoms with Crippen molar-refractivity contribution in [2.45, 2.75) is 13.0 Å². The van der Waals surface area contributed by atoms with Crippen LogP contribution >= 0.6 is 0 Å². The van der Waals surface area contributed by atoms with Gasteiger partial charge in [-0.15, -0.1) is 0 Å². The number of hydrogen-bond donors (Lipinski definition) is 1. The summed E-state index contributed by atoms with van der Waals surface area (Å²) >= 11 is 0. The number of ether oxygens (including phenoxy) is 2. The Labute approximate surface area is 154 Å². The molecule has 2 amide bonds. The molecule has 1 N–H and O–H groups in total. The number of nitrogens with one attached hydrogen (secondary N) is 1. The van der Waals surface area contributed by atoms with Crippen LogP contribution < -0.4 is 10.2 Å². The minimum atomic E-state index is -0.605. The molecule has 27 heavy (non-hydrogen) atoms. The lowest BCUT2D eigenvalue weighted by Gasteiger charge is -2.14. The number of amides is 2. The van der Waals surface area contributed by atoms with Crippen molar-refractivity contribution < 1.29 is 28.2 Å². The van der Waals surface area contributed by atoms with E-state index in [9.17, 15) is 18.8 Å². The van der Waals surface area contributed by atoms with E-state index >= 15 is 0 Å². The number of carbonyl (C=O) groups is 3. The summed E-state index contributed by atoms with van der Waals surface area (Å²) in [5.41, 5.74) is 0.855. The lowest BCUT2D eigenvalue weighted by molar-refractivity contribution is -0.119. The molecule has 0 unspecified atom stereocenters. The van der Waals surface area contributed by atoms with Gasteiger partial charge in [-0.25, -0.2) is 14.0 Å². The van der Waals surface area contributed by atoms with Crippen LogP contribution in [0.4, 0.5) is 14.9 Å². The third-order valence-electron chi connectivity index (χ3n) is 4.09. The summed E-state index contributed by atoms with van der Waals surface area (Å²) in [6.07, 6.45) is 1.89. The van der Waals surface area contributed by atoms with Crippen LogP contribution in [-0.2, 0) is 14.3 Å². The number of hydrogen-bond acceptors (Lipinski definition) is 5. The Morgan fingerprint density at radius 2 is 2.15 bits per heavy atom. The molecule has 1 atom stereocenters. The number of nitrogens with zero attached hydrogens (tertiary/aromatic N) is 2. The van der Waals surface area contributed by atoms with Crippen molar-refractivity contribution in [1.82, 2.24) is 9.88 Å². The summed E-state index contributed by atoms with van der Waals surface area (Å²) in [5, 5.41) is 2.58. The highest BCUT2D eigenvalue weighted by Crippen LogP contribution is 2.26. The van der Waals surface area contributed by atoms with Gasteiger partial charge in [0, 0.05) is 19.3 Å². The van der Waals surface area contributed by atoms with Crippen LogP contribution in [0.15, 0.2) is 36.7 Å². The molecule has 9 heteroatoms. The van der Waals surface area contributed by atoms with Gasteiger partial charge < -0.3 is 19.4 Å². The van der Waals surface area contributed by atoms with Crippen LogP contribution in [0.2, 0.25) is 0 Å². The molecule has 1 aromatic heterocycles. The van der Waals surface area contributed by atoms with E-state index in [0.29, 0.717) is 11.3 Å². The largest absolute Gasteiger partial charge is 0.465 e. The SMILES string of the molecule is COC(=O)c1ccn(-c2ccc(N3C[C@H](CNC(C)=O)OC3=O)cc2F)c1. The van der Waals surface area contributed by atoms with E-state index in [1.165, 1.54) is 54.1 Å². The molecule has 0 saturated carbocycles. The normalized spacial score (nSPS) is 16.2. The predicted octanol–water partition coefficient (Wildman–Crippen LogP) is 1.86. The van der Waals surface area contributed by atoms with Crippen molar-refractivity contribution in [3.8, 4) is 5.69 Å². The highest BCUT2D eigenvalue weighted by molar-refractivity contribution is 5.90. The minimum absolute atomic E-state index is 0.192. The van der Waals surface area contributed by atoms with Crippen molar-refractivity contribution in [3.63, 3.8) is 0 Å². The van der Waals surface area contributed by atoms with Gasteiger partial charge in [-0.3, -0.25) is 9.69 Å². The standard InChI is InChI=1S/C18H18FN3O5/c1-11(23)20-8-14-10-22(18(25)27-14)13-3-4-16(15(19)7-13)21-6-5-12(9-21)17(24)26-2/h3-7,9,14H,8,10H2,1-2H3,(H,20,23)/t14-/m0/s1. The summed E-state index contributed by atoms with van der Waals surface area (Å²) in [4.78, 5) is 35.8. The molecule has 0 radical (unpaired) electrons. The average molecular weight is 375 g/mol. The van der Waals surface area contributed by atoms with Crippen LogP contribution in [0.1, 0.15) is 17.3 Å². The van der Waals surface area contributed by atoms with E-state index in [1.54, 1.807) is 6.07 Å². The molecule has 1 aliphatic rings. The summed E-state index contributed by atoms with van der Waals surface area (Å²) in [5.74, 6) is -1.31. The second kappa shape index (κ2) is 7.48. The first-order chi connectivity index (χ1) is 12.9. The Morgan fingerprint density at radius 1 is 1.37 bits per heavy atom. The molecule has 0 aliphatic carbocycles. The number of esters is 1. The first-order valence-corrected chi connectivity index (χ1v) is 8.18. The number of carbonyl (C=O) groups excluding carboxylic acids is 3. The Kier molecular flexibility index (Phi) is 5.11. The van der Waals surface area contributed by atoms with Gasteiger partial charge in [0.1, 0.15) is 11.9 Å². The van der Waals surface area contributed by atoms with Gasteiger partial charge in [0.25, 0.3) is 0 Å². The maximum absolute atomic E-state index is 14.6. The molecule has 1 saturated heterocycles. The number of rotatable bonds is 5. The molecule has 1 aromatic carbocycles. The van der Waals surface area contributed by atoms with E-state index in [4.69, 9.17) is 4.74 Å². The second-order valence-electron chi connectivity index (χ2n) is 5.99. The fourth-order valence-corrected chi connectivity index (χ4v) is 2.75. The lowest BCUT2D eigenvalue weighted by Crippen LogP contribution is -2.33. The van der Waals surface area contributed by atoms with E-state index in [-0.39, 0.29) is 24.7 Å². The number of benzene rings is 1. The Balaban J connectivity index is 1.77. The van der Waals surface area contributed by atoms with Gasteiger partial charge in [-0.05, 0) is 24.3 Å². The van der Waals surface area contributed by atoms with Crippen molar-refractivity contribution in [1.29, 1.82) is 0 Å². The third kappa shape index (κ3) is 3.91. The summed E-state index contributed by atoms with van der Waals surface area (Å²) < 4.78 is 25.8. The number of cyclic esters (lactones) is 1. The van der Waals surface area contributed by atoms with Crippen molar-refractivity contribution in [2.75, 3.05) is 25.1 Å². The molecule has 142 valence electrons. The molecule has 2 heterocycles. The minimum Gasteiger partial charge on any atom is -0.465 e. The molecular formula is C18H18FN3O5. The lowest BCUT2D eigenvalue weighted by atomic mass is 10.2. The Morgan fingerprint density at radius 3 is 2.81 bits per heavy atom. The van der Waals surface area contributed by atoms with Gasteiger partial charge in [0.05, 0.1) is 37.1 Å². The average Bonchev–Trinajstić information content (AvgIpc) is 3.26. The van der Waals surface area contributed by atoms with Crippen LogP contribution in [0.3, 0.4) is 0 Å². The Bertz CT molecular complexity index is 895. The number of aromatic nitrogens is 1. The molecular weight excluding hydrogens is 357 g/mol. The zero-order valence-corrected chi connectivity index (χ0v) is 14.8. The Hall–Kier alpha value is -3.36. The van der Waals surface area contributed by atoms with Crippen LogP contribution in [0, 0.1) is 5.82 Å². The third-order valence-corrected chi connectivity index (χ3v) is 4.09. The number of methoxy groups -OCH3 is 1. The van der Waals surface area contributed by atoms with Gasteiger partial charge >= 0.3 is 12.1 Å². The first-order valence-electron chi connectivity index (χ1n) is 8.18. The van der Waals surface area contributed by atoms with Crippen molar-refractivity contribution in [2.24, 2.45) is 0 Å². The summed E-state index contributed by atoms with van der Waals surface area (Å²) in [7, 11) is 1.27. The maximum Gasteiger partial charge on any atom is 0.414 e. The van der Waals surface area contributed by atoms with Crippen molar-refractivity contribution >= 4 is 23.7 Å². The highest BCUT2D eigenvalue weighted by Gasteiger charge is 2.32. The van der Waals surface area contributed by atoms with Gasteiger partial charge in [0.2, 0.25) is 5.91 Å². The second-order valence-corrected chi connectivity index (χ2v) is 5.99. The molecule has 0 bridgehead atoms. The van der Waals surface area contributed by atoms with E-state index in [2.05, 4.69) is 10.1 Å². The maximum atomic E-state index is 14.6. The highest BCUT2D eigenvalue weighted by atomic mass is 19.1. The van der Waals surface area contributed by atoms with Crippen LogP contribution in [0.25, 0.3) is 5.69 Å². The van der Waals surface area contributed by atoms with E-state index in [0.717, 1.165) is 0 Å². The zero-order chi connectivity index (χ0) is 19.6. The first kappa shape index (κ1) is 18.4. The number of anilines is 1. The van der Waals surface area contributed by atoms with Gasteiger partial charge in [-0.1, -0.05) is 0 Å². The van der Waals surface area contributed by atoms with Crippen molar-refractivity contribution in [3.05, 3.63) is 48.0 Å². The summed E-state index contributed by atoms with van der Waals surface area (Å²) in [6.45, 7) is 1.77. The topological polar surface area (TPSA) is 89.9 Å². The molecule has 1 aliphatic heterocycles. The fourth-order valence-electron chi connectivity index (χ4n) is 2.75. The fraction of sp³-hybridized carbons (Fsp3) is 0.278. The summed E-state index contributed by atoms with van der Waals surface area (Å²) in [6, 6.07) is 5.82. The molecule has 0 spiro atoms. The van der Waals surface area contributed by atoms with E-state index in [1.807, 2.05) is 0 Å². The smallest absolute Gasteiger partial charge is 0.414 e.